The number of hydrogen-bond acceptors (Lipinski definition) is 8. The second-order valence-corrected chi connectivity index (χ2v) is 5.84. The molecule has 0 aromatic rings. The summed E-state index contributed by atoms with van der Waals surface area (Å²) in [6.45, 7) is 4.09. The second kappa shape index (κ2) is 10.5. The Kier molecular flexibility index (Phi) is 10.2. The Morgan fingerprint density at radius 3 is 1.56 bits per heavy atom. The molecule has 8 heteroatoms. The van der Waals surface area contributed by atoms with Crippen LogP contribution >= 0.6 is 21.6 Å². The third-order valence-corrected chi connectivity index (χ3v) is 4.23. The fourth-order valence-corrected chi connectivity index (χ4v) is 3.09. The first-order valence-electron chi connectivity index (χ1n) is 5.61. The van der Waals surface area contributed by atoms with Gasteiger partial charge in [0.15, 0.2) is 0 Å². The summed E-state index contributed by atoms with van der Waals surface area (Å²) in [5.74, 6) is -0.00135. The van der Waals surface area contributed by atoms with E-state index in [1.54, 1.807) is 13.8 Å². The van der Waals surface area contributed by atoms with Crippen LogP contribution in [0, 0.1) is 0 Å². The summed E-state index contributed by atoms with van der Waals surface area (Å²) < 4.78 is 9.53. The molecule has 0 unspecified atom stereocenters. The molecule has 0 spiro atoms. The minimum absolute atomic E-state index is 0.318. The Hall–Kier alpha value is -0.440. The van der Waals surface area contributed by atoms with Gasteiger partial charge in [0.2, 0.25) is 0 Å². The average Bonchev–Trinajstić information content (AvgIpc) is 2.34. The average molecular weight is 296 g/mol. The molecule has 106 valence electrons. The lowest BCUT2D eigenvalue weighted by atomic mass is 10.4. The zero-order chi connectivity index (χ0) is 14.0. The first kappa shape index (κ1) is 17.6. The Morgan fingerprint density at radius 1 is 0.944 bits per heavy atom. The van der Waals surface area contributed by atoms with Crippen LogP contribution in [0.25, 0.3) is 0 Å². The summed E-state index contributed by atoms with van der Waals surface area (Å²) in [6.07, 6.45) is 0. The van der Waals surface area contributed by atoms with E-state index in [-0.39, 0.29) is 0 Å². The predicted octanol–water partition coefficient (Wildman–Crippen LogP) is 0.149. The van der Waals surface area contributed by atoms with E-state index in [9.17, 15) is 9.59 Å². The molecule has 0 aliphatic carbocycles. The van der Waals surface area contributed by atoms with Crippen LogP contribution in [0.15, 0.2) is 0 Å². The van der Waals surface area contributed by atoms with Crippen LogP contribution in [0.4, 0.5) is 0 Å². The fraction of sp³-hybridized carbons (Fsp3) is 0.800. The lowest BCUT2D eigenvalue weighted by Gasteiger charge is -2.11. The summed E-state index contributed by atoms with van der Waals surface area (Å²) in [5.41, 5.74) is 11.2. The van der Waals surface area contributed by atoms with Crippen LogP contribution < -0.4 is 11.5 Å². The maximum absolute atomic E-state index is 11.2. The molecule has 0 bridgehead atoms. The Bertz CT molecular complexity index is 240. The lowest BCUT2D eigenvalue weighted by Crippen LogP contribution is -2.35. The quantitative estimate of drug-likeness (QED) is 0.352. The fourth-order valence-electron chi connectivity index (χ4n) is 0.878. The lowest BCUT2D eigenvalue weighted by molar-refractivity contribution is -0.144. The number of carbonyl (C=O) groups is 2. The van der Waals surface area contributed by atoms with Crippen molar-refractivity contribution in [3.05, 3.63) is 0 Å². The molecule has 0 aromatic heterocycles. The second-order valence-electron chi connectivity index (χ2n) is 3.29. The third kappa shape index (κ3) is 7.80. The van der Waals surface area contributed by atoms with E-state index in [1.165, 1.54) is 21.6 Å². The van der Waals surface area contributed by atoms with Crippen molar-refractivity contribution in [2.24, 2.45) is 11.5 Å². The molecule has 2 atom stereocenters. The SMILES string of the molecule is CCOC(=O)[C@H](N)CSSC[C@H](N)C(=O)OCC. The highest BCUT2D eigenvalue weighted by Gasteiger charge is 2.17. The van der Waals surface area contributed by atoms with Crippen molar-refractivity contribution < 1.29 is 19.1 Å². The molecule has 0 heterocycles. The van der Waals surface area contributed by atoms with Crippen LogP contribution in [0.1, 0.15) is 13.8 Å². The highest BCUT2D eigenvalue weighted by atomic mass is 33.1. The van der Waals surface area contributed by atoms with Gasteiger partial charge in [-0.1, -0.05) is 21.6 Å². The smallest absolute Gasteiger partial charge is 0.323 e. The molecular weight excluding hydrogens is 276 g/mol. The van der Waals surface area contributed by atoms with Gasteiger partial charge in [-0.2, -0.15) is 0 Å². The topological polar surface area (TPSA) is 105 Å². The van der Waals surface area contributed by atoms with Gasteiger partial charge in [-0.15, -0.1) is 0 Å². The summed E-state index contributed by atoms with van der Waals surface area (Å²) in [6, 6.07) is -1.30. The number of rotatable bonds is 9. The van der Waals surface area contributed by atoms with E-state index in [4.69, 9.17) is 20.9 Å². The van der Waals surface area contributed by atoms with E-state index in [2.05, 4.69) is 0 Å². The van der Waals surface area contributed by atoms with Crippen LogP contribution in [0.5, 0.6) is 0 Å². The number of carbonyl (C=O) groups excluding carboxylic acids is 2. The summed E-state index contributed by atoms with van der Waals surface area (Å²) in [7, 11) is 2.76. The van der Waals surface area contributed by atoms with Gasteiger partial charge in [-0.05, 0) is 13.8 Å². The van der Waals surface area contributed by atoms with Gasteiger partial charge < -0.3 is 20.9 Å². The standard InChI is InChI=1S/C10H20N2O4S2/c1-3-15-9(13)7(11)5-17-18-6-8(12)10(14)16-4-2/h7-8H,3-6,11-12H2,1-2H3/t7-,8+. The van der Waals surface area contributed by atoms with Gasteiger partial charge in [-0.25, -0.2) is 0 Å². The third-order valence-electron chi connectivity index (χ3n) is 1.76. The molecule has 0 rings (SSSR count). The maximum Gasteiger partial charge on any atom is 0.323 e. The van der Waals surface area contributed by atoms with Crippen molar-refractivity contribution in [1.29, 1.82) is 0 Å². The predicted molar refractivity (Wildman–Crippen MR) is 74.1 cm³/mol. The Morgan fingerprint density at radius 2 is 1.28 bits per heavy atom. The van der Waals surface area contributed by atoms with Crippen molar-refractivity contribution in [3.8, 4) is 0 Å². The van der Waals surface area contributed by atoms with Crippen LogP contribution in [0.2, 0.25) is 0 Å². The van der Waals surface area contributed by atoms with Gasteiger partial charge in [0.05, 0.1) is 13.2 Å². The van der Waals surface area contributed by atoms with E-state index < -0.39 is 24.0 Å². The Balaban J connectivity index is 3.66. The normalized spacial score (nSPS) is 13.8. The van der Waals surface area contributed by atoms with E-state index in [0.29, 0.717) is 24.7 Å². The largest absolute Gasteiger partial charge is 0.465 e. The van der Waals surface area contributed by atoms with E-state index in [0.717, 1.165) is 0 Å². The first-order chi connectivity index (χ1) is 8.52. The van der Waals surface area contributed by atoms with Crippen molar-refractivity contribution >= 4 is 33.5 Å². The van der Waals surface area contributed by atoms with E-state index in [1.807, 2.05) is 0 Å². The zero-order valence-electron chi connectivity index (χ0n) is 10.6. The zero-order valence-corrected chi connectivity index (χ0v) is 12.2. The maximum atomic E-state index is 11.2. The van der Waals surface area contributed by atoms with Crippen molar-refractivity contribution in [3.63, 3.8) is 0 Å². The van der Waals surface area contributed by atoms with Crippen LogP contribution in [-0.2, 0) is 19.1 Å². The van der Waals surface area contributed by atoms with Crippen LogP contribution in [-0.4, -0.2) is 48.7 Å². The summed E-state index contributed by atoms with van der Waals surface area (Å²) >= 11 is 0. The van der Waals surface area contributed by atoms with Crippen molar-refractivity contribution in [2.45, 2.75) is 25.9 Å². The van der Waals surface area contributed by atoms with Gasteiger partial charge in [-0.3, -0.25) is 9.59 Å². The molecule has 0 amide bonds. The molecule has 0 radical (unpaired) electrons. The number of ether oxygens (including phenoxy) is 2. The molecule has 0 aliphatic heterocycles. The highest BCUT2D eigenvalue weighted by Crippen LogP contribution is 2.22. The molecule has 0 aromatic carbocycles. The molecule has 0 saturated heterocycles. The van der Waals surface area contributed by atoms with E-state index >= 15 is 0 Å². The van der Waals surface area contributed by atoms with Crippen molar-refractivity contribution in [2.75, 3.05) is 24.7 Å². The molecular formula is C10H20N2O4S2. The minimum Gasteiger partial charge on any atom is -0.465 e. The first-order valence-corrected chi connectivity index (χ1v) is 8.10. The Labute approximate surface area is 115 Å². The number of hydrogen-bond donors (Lipinski definition) is 2. The van der Waals surface area contributed by atoms with Crippen LogP contribution in [0.3, 0.4) is 0 Å². The monoisotopic (exact) mass is 296 g/mol. The molecule has 0 fully saturated rings. The van der Waals surface area contributed by atoms with Gasteiger partial charge >= 0.3 is 11.9 Å². The molecule has 0 saturated carbocycles. The minimum atomic E-state index is -0.652. The molecule has 0 aliphatic rings. The number of esters is 2. The summed E-state index contributed by atoms with van der Waals surface area (Å²) in [4.78, 5) is 22.4. The van der Waals surface area contributed by atoms with Gasteiger partial charge in [0.25, 0.3) is 0 Å². The highest BCUT2D eigenvalue weighted by molar-refractivity contribution is 8.76. The molecule has 4 N–H and O–H groups in total. The molecule has 6 nitrogen and oxygen atoms in total. The van der Waals surface area contributed by atoms with Crippen molar-refractivity contribution in [1.82, 2.24) is 0 Å². The summed E-state index contributed by atoms with van der Waals surface area (Å²) in [5, 5.41) is 0. The number of nitrogens with two attached hydrogens (primary N) is 2. The molecule has 18 heavy (non-hydrogen) atoms. The van der Waals surface area contributed by atoms with Gasteiger partial charge in [0.1, 0.15) is 12.1 Å². The van der Waals surface area contributed by atoms with Gasteiger partial charge in [0, 0.05) is 11.5 Å².